The third kappa shape index (κ3) is 1.81. The number of aromatic nitrogens is 2. The summed E-state index contributed by atoms with van der Waals surface area (Å²) in [5.74, 6) is 0.137. The van der Waals surface area contributed by atoms with E-state index in [2.05, 4.69) is 10.2 Å². The molecule has 0 saturated carbocycles. The SMILES string of the molecule is CCc1cc(-c2cc(=S)[nH][nH]2)c(O)cc1O. The molecule has 5 heteroatoms. The fourth-order valence-electron chi connectivity index (χ4n) is 1.60. The van der Waals surface area contributed by atoms with Crippen molar-refractivity contribution in [2.24, 2.45) is 0 Å². The van der Waals surface area contributed by atoms with E-state index in [4.69, 9.17) is 12.2 Å². The van der Waals surface area contributed by atoms with E-state index < -0.39 is 0 Å². The van der Waals surface area contributed by atoms with Crippen LogP contribution in [0, 0.1) is 4.64 Å². The second-order valence-corrected chi connectivity index (χ2v) is 3.96. The van der Waals surface area contributed by atoms with Crippen LogP contribution in [0.5, 0.6) is 11.5 Å². The normalized spacial score (nSPS) is 10.6. The molecule has 4 N–H and O–H groups in total. The summed E-state index contributed by atoms with van der Waals surface area (Å²) >= 11 is 4.95. The molecule has 0 bridgehead atoms. The smallest absolute Gasteiger partial charge is 0.128 e. The number of rotatable bonds is 2. The quantitative estimate of drug-likeness (QED) is 0.606. The highest BCUT2D eigenvalue weighted by molar-refractivity contribution is 7.71. The van der Waals surface area contributed by atoms with Crippen LogP contribution in [-0.4, -0.2) is 20.4 Å². The van der Waals surface area contributed by atoms with Crippen LogP contribution < -0.4 is 0 Å². The van der Waals surface area contributed by atoms with Gasteiger partial charge in [-0.3, -0.25) is 10.2 Å². The van der Waals surface area contributed by atoms with Crippen LogP contribution in [0.25, 0.3) is 11.3 Å². The van der Waals surface area contributed by atoms with Crippen LogP contribution in [0.1, 0.15) is 12.5 Å². The molecule has 84 valence electrons. The van der Waals surface area contributed by atoms with Gasteiger partial charge in [0, 0.05) is 11.6 Å². The van der Waals surface area contributed by atoms with Crippen molar-refractivity contribution in [3.8, 4) is 22.8 Å². The maximum Gasteiger partial charge on any atom is 0.128 e. The van der Waals surface area contributed by atoms with Crippen LogP contribution in [0.3, 0.4) is 0 Å². The summed E-state index contributed by atoms with van der Waals surface area (Å²) in [5, 5.41) is 24.9. The second-order valence-electron chi connectivity index (χ2n) is 3.52. The third-order valence-corrected chi connectivity index (χ3v) is 2.68. The van der Waals surface area contributed by atoms with Crippen LogP contribution in [-0.2, 0) is 6.42 Å². The number of nitrogens with one attached hydrogen (secondary N) is 2. The highest BCUT2D eigenvalue weighted by atomic mass is 32.1. The Morgan fingerprint density at radius 2 is 1.88 bits per heavy atom. The van der Waals surface area contributed by atoms with Crippen molar-refractivity contribution >= 4 is 12.2 Å². The lowest BCUT2D eigenvalue weighted by Crippen LogP contribution is -1.86. The van der Waals surface area contributed by atoms with E-state index in [1.165, 1.54) is 6.07 Å². The standard InChI is InChI=1S/C11H12N2O2S/c1-2-6-3-7(10(15)5-9(6)14)8-4-11(16)13-12-8/h3-5,14-15H,2H2,1H3,(H2,12,13,16). The van der Waals surface area contributed by atoms with Crippen molar-refractivity contribution < 1.29 is 10.2 Å². The number of phenols is 2. The summed E-state index contributed by atoms with van der Waals surface area (Å²) in [6, 6.07) is 4.82. The summed E-state index contributed by atoms with van der Waals surface area (Å²) in [7, 11) is 0. The lowest BCUT2D eigenvalue weighted by Gasteiger charge is -2.07. The molecule has 4 nitrogen and oxygen atoms in total. The van der Waals surface area contributed by atoms with E-state index >= 15 is 0 Å². The van der Waals surface area contributed by atoms with Gasteiger partial charge < -0.3 is 10.2 Å². The maximum absolute atomic E-state index is 9.75. The Labute approximate surface area is 97.6 Å². The predicted octanol–water partition coefficient (Wildman–Crippen LogP) is 2.71. The number of aromatic hydroxyl groups is 2. The minimum atomic E-state index is 0.0277. The lowest BCUT2D eigenvalue weighted by atomic mass is 10.0. The van der Waals surface area contributed by atoms with Crippen LogP contribution in [0.4, 0.5) is 0 Å². The zero-order chi connectivity index (χ0) is 11.7. The van der Waals surface area contributed by atoms with Gasteiger partial charge in [-0.25, -0.2) is 0 Å². The lowest BCUT2D eigenvalue weighted by molar-refractivity contribution is 0.447. The summed E-state index contributed by atoms with van der Waals surface area (Å²) < 4.78 is 0.570. The Balaban J connectivity index is 2.60. The molecule has 0 unspecified atom stereocenters. The first kappa shape index (κ1) is 10.8. The van der Waals surface area contributed by atoms with Gasteiger partial charge in [-0.2, -0.15) is 0 Å². The molecule has 1 heterocycles. The first-order chi connectivity index (χ1) is 7.61. The molecule has 0 saturated heterocycles. The van der Waals surface area contributed by atoms with Gasteiger partial charge >= 0.3 is 0 Å². The number of hydrogen-bond acceptors (Lipinski definition) is 3. The van der Waals surface area contributed by atoms with Crippen molar-refractivity contribution in [1.29, 1.82) is 0 Å². The molecule has 0 atom stereocenters. The Bertz CT molecular complexity index is 572. The van der Waals surface area contributed by atoms with Gasteiger partial charge in [0.1, 0.15) is 16.1 Å². The second kappa shape index (κ2) is 4.02. The molecule has 0 radical (unpaired) electrons. The minimum absolute atomic E-state index is 0.0277. The zero-order valence-electron chi connectivity index (χ0n) is 8.74. The molecule has 0 fully saturated rings. The van der Waals surface area contributed by atoms with Crippen LogP contribution in [0.15, 0.2) is 18.2 Å². The first-order valence-corrected chi connectivity index (χ1v) is 5.35. The fraction of sp³-hybridized carbons (Fsp3) is 0.182. The largest absolute Gasteiger partial charge is 0.508 e. The van der Waals surface area contributed by atoms with Crippen molar-refractivity contribution in [3.05, 3.63) is 28.4 Å². The van der Waals surface area contributed by atoms with Crippen molar-refractivity contribution in [2.45, 2.75) is 13.3 Å². The number of phenolic OH excluding ortho intramolecular Hbond substituents is 2. The van der Waals surface area contributed by atoms with Gasteiger partial charge in [0.25, 0.3) is 0 Å². The molecule has 0 spiro atoms. The maximum atomic E-state index is 9.75. The number of benzene rings is 1. The molecular formula is C11H12N2O2S. The molecule has 0 aliphatic rings. The summed E-state index contributed by atoms with van der Waals surface area (Å²) in [6.07, 6.45) is 0.699. The number of aromatic amines is 2. The van der Waals surface area contributed by atoms with Gasteiger partial charge in [-0.15, -0.1) is 0 Å². The Kier molecular flexibility index (Phi) is 2.70. The summed E-state index contributed by atoms with van der Waals surface area (Å²) in [5.41, 5.74) is 2.12. The van der Waals surface area contributed by atoms with Gasteiger partial charge in [-0.05, 0) is 24.1 Å². The van der Waals surface area contributed by atoms with Crippen molar-refractivity contribution in [3.63, 3.8) is 0 Å². The highest BCUT2D eigenvalue weighted by Gasteiger charge is 2.10. The van der Waals surface area contributed by atoms with E-state index in [-0.39, 0.29) is 11.5 Å². The molecule has 0 amide bonds. The van der Waals surface area contributed by atoms with Gasteiger partial charge in [0.2, 0.25) is 0 Å². The predicted molar refractivity (Wildman–Crippen MR) is 64.1 cm³/mol. The fourth-order valence-corrected chi connectivity index (χ4v) is 1.77. The molecule has 0 aliphatic heterocycles. The van der Waals surface area contributed by atoms with Gasteiger partial charge in [0.15, 0.2) is 0 Å². The minimum Gasteiger partial charge on any atom is -0.508 e. The van der Waals surface area contributed by atoms with Gasteiger partial charge in [0.05, 0.1) is 5.69 Å². The molecular weight excluding hydrogens is 224 g/mol. The highest BCUT2D eigenvalue weighted by Crippen LogP contribution is 2.34. The van der Waals surface area contributed by atoms with Gasteiger partial charge in [-0.1, -0.05) is 19.1 Å². The van der Waals surface area contributed by atoms with Crippen LogP contribution in [0.2, 0.25) is 0 Å². The molecule has 1 aromatic heterocycles. The van der Waals surface area contributed by atoms with E-state index in [9.17, 15) is 10.2 Å². The average molecular weight is 236 g/mol. The molecule has 16 heavy (non-hydrogen) atoms. The van der Waals surface area contributed by atoms with Crippen molar-refractivity contribution in [1.82, 2.24) is 10.2 Å². The van der Waals surface area contributed by atoms with E-state index in [1.807, 2.05) is 6.92 Å². The molecule has 1 aromatic carbocycles. The Hall–Kier alpha value is -1.75. The van der Waals surface area contributed by atoms with E-state index in [0.717, 1.165) is 5.56 Å². The number of hydrogen-bond donors (Lipinski definition) is 4. The third-order valence-electron chi connectivity index (χ3n) is 2.46. The number of aryl methyl sites for hydroxylation is 1. The topological polar surface area (TPSA) is 72.0 Å². The van der Waals surface area contributed by atoms with E-state index in [0.29, 0.717) is 22.3 Å². The number of H-pyrrole nitrogens is 2. The summed E-state index contributed by atoms with van der Waals surface area (Å²) in [4.78, 5) is 0. The Morgan fingerprint density at radius 1 is 1.12 bits per heavy atom. The molecule has 0 aliphatic carbocycles. The van der Waals surface area contributed by atoms with E-state index in [1.54, 1.807) is 12.1 Å². The summed E-state index contributed by atoms with van der Waals surface area (Å²) in [6.45, 7) is 1.94. The Morgan fingerprint density at radius 3 is 2.44 bits per heavy atom. The first-order valence-electron chi connectivity index (χ1n) is 4.94. The molecule has 2 rings (SSSR count). The zero-order valence-corrected chi connectivity index (χ0v) is 9.56. The molecule has 2 aromatic rings. The monoisotopic (exact) mass is 236 g/mol. The average Bonchev–Trinajstić information content (AvgIpc) is 2.65. The van der Waals surface area contributed by atoms with Crippen LogP contribution >= 0.6 is 12.2 Å². The van der Waals surface area contributed by atoms with Crippen molar-refractivity contribution in [2.75, 3.05) is 0 Å².